The van der Waals surface area contributed by atoms with Crippen LogP contribution in [0.2, 0.25) is 0 Å². The van der Waals surface area contributed by atoms with Gasteiger partial charge in [0, 0.05) is 18.2 Å². The maximum absolute atomic E-state index is 15.0. The first-order chi connectivity index (χ1) is 19.4. The van der Waals surface area contributed by atoms with Crippen LogP contribution in [0.1, 0.15) is 94.3 Å². The van der Waals surface area contributed by atoms with Crippen molar-refractivity contribution in [2.75, 3.05) is 13.7 Å². The molecule has 0 radical (unpaired) electrons. The van der Waals surface area contributed by atoms with Gasteiger partial charge in [0.05, 0.1) is 37.2 Å². The molecule has 220 valence electrons. The van der Waals surface area contributed by atoms with Crippen LogP contribution in [0.25, 0.3) is 0 Å². The van der Waals surface area contributed by atoms with Gasteiger partial charge in [-0.1, -0.05) is 19.3 Å². The molecule has 1 aromatic carbocycles. The van der Waals surface area contributed by atoms with Crippen molar-refractivity contribution in [2.24, 2.45) is 23.7 Å². The van der Waals surface area contributed by atoms with Gasteiger partial charge in [-0.15, -0.1) is 0 Å². The lowest BCUT2D eigenvalue weighted by molar-refractivity contribution is -0.149. The van der Waals surface area contributed by atoms with E-state index >= 15 is 0 Å². The van der Waals surface area contributed by atoms with Gasteiger partial charge >= 0.3 is 5.97 Å². The van der Waals surface area contributed by atoms with E-state index < -0.39 is 5.82 Å². The van der Waals surface area contributed by atoms with E-state index in [1.165, 1.54) is 25.7 Å². The Morgan fingerprint density at radius 3 is 2.33 bits per heavy atom. The topological polar surface area (TPSA) is 103 Å². The molecule has 4 aliphatic carbocycles. The predicted molar refractivity (Wildman–Crippen MR) is 147 cm³/mol. The van der Waals surface area contributed by atoms with Crippen LogP contribution in [0.5, 0.6) is 11.5 Å². The Kier molecular flexibility index (Phi) is 9.16. The molecule has 0 aliphatic heterocycles. The van der Waals surface area contributed by atoms with Crippen molar-refractivity contribution >= 4 is 17.8 Å². The Bertz CT molecular complexity index is 1080. The second-order valence-corrected chi connectivity index (χ2v) is 12.0. The Balaban J connectivity index is 1.26. The summed E-state index contributed by atoms with van der Waals surface area (Å²) in [6.07, 6.45) is 10.6. The fraction of sp³-hybridized carbons (Fsp3) is 0.710. The summed E-state index contributed by atoms with van der Waals surface area (Å²) in [6.45, 7) is 2.14. The summed E-state index contributed by atoms with van der Waals surface area (Å²) < 4.78 is 31.5. The molecular formula is C31H43FN2O6. The summed E-state index contributed by atoms with van der Waals surface area (Å²) in [5, 5.41) is 6.42. The normalized spacial score (nSPS) is 30.0. The lowest BCUT2D eigenvalue weighted by Gasteiger charge is -2.33. The number of methoxy groups -OCH3 is 1. The highest BCUT2D eigenvalue weighted by molar-refractivity contribution is 5.98. The number of ether oxygens (including phenoxy) is 3. The standard InChI is InChI=1S/C31H43FN2O6/c1-3-39-31(37)18-11-13-22(14-12-18)40-26-16-23(25(38-2)17-24(26)32)29(35)34-28-20-10-9-19(15-20)27(28)30(36)33-21-7-5-4-6-8-21/h16-22,27-28H,3-15H2,1-2H3,(H,33,36)(H,34,35). The molecule has 4 atom stereocenters. The van der Waals surface area contributed by atoms with Crippen LogP contribution in [0.3, 0.4) is 0 Å². The summed E-state index contributed by atoms with van der Waals surface area (Å²) in [5.41, 5.74) is 0.188. The number of nitrogens with one attached hydrogen (secondary N) is 2. The van der Waals surface area contributed by atoms with E-state index in [1.807, 2.05) is 0 Å². The van der Waals surface area contributed by atoms with E-state index in [0.29, 0.717) is 32.3 Å². The minimum Gasteiger partial charge on any atom is -0.496 e. The van der Waals surface area contributed by atoms with E-state index in [2.05, 4.69) is 10.6 Å². The van der Waals surface area contributed by atoms with E-state index in [9.17, 15) is 18.8 Å². The number of hydrogen-bond acceptors (Lipinski definition) is 6. The van der Waals surface area contributed by atoms with Crippen molar-refractivity contribution in [3.05, 3.63) is 23.5 Å². The van der Waals surface area contributed by atoms with Crippen molar-refractivity contribution in [1.82, 2.24) is 10.6 Å². The number of rotatable bonds is 9. The molecule has 0 heterocycles. The molecule has 0 saturated heterocycles. The van der Waals surface area contributed by atoms with Crippen LogP contribution in [0, 0.1) is 29.5 Å². The first-order valence-corrected chi connectivity index (χ1v) is 15.2. The third-order valence-corrected chi connectivity index (χ3v) is 9.55. The van der Waals surface area contributed by atoms with Crippen molar-refractivity contribution in [2.45, 2.75) is 102 Å². The number of carbonyl (C=O) groups excluding carboxylic acids is 3. The maximum atomic E-state index is 15.0. The van der Waals surface area contributed by atoms with Gasteiger partial charge in [0.15, 0.2) is 11.6 Å². The molecule has 0 aromatic heterocycles. The molecule has 4 fully saturated rings. The van der Waals surface area contributed by atoms with E-state index in [0.717, 1.165) is 44.9 Å². The SMILES string of the molecule is CCOC(=O)C1CCC(Oc2cc(C(=O)NC3C4CCC(C4)C3C(=O)NC3CCCCC3)c(OC)cc2F)CC1. The number of carbonyl (C=O) groups is 3. The second-order valence-electron chi connectivity index (χ2n) is 12.0. The minimum atomic E-state index is -0.606. The number of esters is 1. The lowest BCUT2D eigenvalue weighted by atomic mass is 9.83. The number of amides is 2. The van der Waals surface area contributed by atoms with Crippen molar-refractivity contribution in [3.63, 3.8) is 0 Å². The van der Waals surface area contributed by atoms with Gasteiger partial charge in [0.1, 0.15) is 5.75 Å². The van der Waals surface area contributed by atoms with Gasteiger partial charge in [-0.05, 0) is 82.6 Å². The van der Waals surface area contributed by atoms with Crippen LogP contribution in [-0.4, -0.2) is 49.7 Å². The predicted octanol–water partition coefficient (Wildman–Crippen LogP) is 4.93. The van der Waals surface area contributed by atoms with Crippen molar-refractivity contribution < 1.29 is 33.0 Å². The number of benzene rings is 1. The zero-order chi connectivity index (χ0) is 28.2. The Hall–Kier alpha value is -2.84. The summed E-state index contributed by atoms with van der Waals surface area (Å²) in [4.78, 5) is 39.0. The van der Waals surface area contributed by atoms with Crippen molar-refractivity contribution in [1.29, 1.82) is 0 Å². The Morgan fingerprint density at radius 1 is 0.900 bits per heavy atom. The molecule has 4 aliphatic rings. The van der Waals surface area contributed by atoms with Gasteiger partial charge < -0.3 is 24.8 Å². The van der Waals surface area contributed by atoms with Crippen LogP contribution in [0.4, 0.5) is 4.39 Å². The zero-order valence-electron chi connectivity index (χ0n) is 23.7. The fourth-order valence-electron chi connectivity index (χ4n) is 7.48. The fourth-order valence-corrected chi connectivity index (χ4v) is 7.48. The van der Waals surface area contributed by atoms with Gasteiger partial charge in [-0.2, -0.15) is 0 Å². The summed E-state index contributed by atoms with van der Waals surface area (Å²) in [7, 11) is 1.40. The lowest BCUT2D eigenvalue weighted by Crippen LogP contribution is -2.51. The summed E-state index contributed by atoms with van der Waals surface area (Å²) >= 11 is 0. The molecule has 0 spiro atoms. The van der Waals surface area contributed by atoms with Crippen LogP contribution < -0.4 is 20.1 Å². The van der Waals surface area contributed by atoms with Crippen LogP contribution in [0.15, 0.2) is 12.1 Å². The molecule has 9 heteroatoms. The first-order valence-electron chi connectivity index (χ1n) is 15.2. The average molecular weight is 559 g/mol. The molecule has 40 heavy (non-hydrogen) atoms. The van der Waals surface area contributed by atoms with Gasteiger partial charge in [0.25, 0.3) is 5.91 Å². The second kappa shape index (κ2) is 12.8. The van der Waals surface area contributed by atoms with Gasteiger partial charge in [0.2, 0.25) is 5.91 Å². The largest absolute Gasteiger partial charge is 0.496 e. The third kappa shape index (κ3) is 6.23. The van der Waals surface area contributed by atoms with Crippen LogP contribution in [-0.2, 0) is 14.3 Å². The number of fused-ring (bicyclic) bond motifs is 2. The Labute approximate surface area is 236 Å². The monoisotopic (exact) mass is 558 g/mol. The number of hydrogen-bond donors (Lipinski definition) is 2. The van der Waals surface area contributed by atoms with Crippen LogP contribution >= 0.6 is 0 Å². The molecule has 4 saturated carbocycles. The Morgan fingerprint density at radius 2 is 1.62 bits per heavy atom. The first kappa shape index (κ1) is 28.7. The van der Waals surface area contributed by atoms with Gasteiger partial charge in [-0.3, -0.25) is 14.4 Å². The van der Waals surface area contributed by atoms with E-state index in [-0.39, 0.29) is 76.7 Å². The molecule has 5 rings (SSSR count). The highest BCUT2D eigenvalue weighted by Gasteiger charge is 2.51. The average Bonchev–Trinajstić information content (AvgIpc) is 3.57. The summed E-state index contributed by atoms with van der Waals surface area (Å²) in [6, 6.07) is 2.56. The highest BCUT2D eigenvalue weighted by atomic mass is 19.1. The van der Waals surface area contributed by atoms with E-state index in [1.54, 1.807) is 6.92 Å². The molecular weight excluding hydrogens is 515 g/mol. The molecule has 1 aromatic rings. The van der Waals surface area contributed by atoms with Crippen molar-refractivity contribution in [3.8, 4) is 11.5 Å². The molecule has 2 bridgehead atoms. The third-order valence-electron chi connectivity index (χ3n) is 9.55. The molecule has 8 nitrogen and oxygen atoms in total. The molecule has 2 amide bonds. The quantitative estimate of drug-likeness (QED) is 0.417. The van der Waals surface area contributed by atoms with Gasteiger partial charge in [-0.25, -0.2) is 4.39 Å². The summed E-state index contributed by atoms with van der Waals surface area (Å²) in [5.74, 6) is -0.894. The number of halogens is 1. The maximum Gasteiger partial charge on any atom is 0.308 e. The highest BCUT2D eigenvalue weighted by Crippen LogP contribution is 2.49. The minimum absolute atomic E-state index is 0.00920. The molecule has 4 unspecified atom stereocenters. The smallest absolute Gasteiger partial charge is 0.308 e. The molecule has 2 N–H and O–H groups in total. The zero-order valence-corrected chi connectivity index (χ0v) is 23.7. The van der Waals surface area contributed by atoms with E-state index in [4.69, 9.17) is 14.2 Å².